The quantitative estimate of drug-likeness (QED) is 0.802. The summed E-state index contributed by atoms with van der Waals surface area (Å²) in [6, 6.07) is 5.19. The fourth-order valence-electron chi connectivity index (χ4n) is 1.84. The van der Waals surface area contributed by atoms with Crippen LogP contribution in [-0.2, 0) is 19.4 Å². The zero-order valence-electron chi connectivity index (χ0n) is 13.1. The Morgan fingerprint density at radius 3 is 2.32 bits per heavy atom. The molecule has 22 heavy (non-hydrogen) atoms. The second-order valence-corrected chi connectivity index (χ2v) is 7.46. The van der Waals surface area contributed by atoms with E-state index in [9.17, 15) is 18.0 Å². The lowest BCUT2D eigenvalue weighted by molar-refractivity contribution is -0.116. The van der Waals surface area contributed by atoms with Crippen LogP contribution in [0.25, 0.3) is 0 Å². The van der Waals surface area contributed by atoms with Gasteiger partial charge in [-0.05, 0) is 31.0 Å². The van der Waals surface area contributed by atoms with Crippen molar-refractivity contribution in [3.05, 3.63) is 23.8 Å². The van der Waals surface area contributed by atoms with Crippen molar-refractivity contribution < 1.29 is 18.0 Å². The predicted molar refractivity (Wildman–Crippen MR) is 87.7 cm³/mol. The Kier molecular flexibility index (Phi) is 6.55. The molecular formula is C15H22N2O4S. The number of benzene rings is 1. The summed E-state index contributed by atoms with van der Waals surface area (Å²) in [6.07, 6.45) is 3.10. The molecule has 0 aliphatic carbocycles. The van der Waals surface area contributed by atoms with Crippen LogP contribution in [0.15, 0.2) is 18.2 Å². The third-order valence-corrected chi connectivity index (χ3v) is 3.66. The van der Waals surface area contributed by atoms with Crippen molar-refractivity contribution in [1.82, 2.24) is 0 Å². The van der Waals surface area contributed by atoms with Gasteiger partial charge in [-0.25, -0.2) is 8.42 Å². The summed E-state index contributed by atoms with van der Waals surface area (Å²) < 4.78 is 22.3. The van der Waals surface area contributed by atoms with E-state index >= 15 is 0 Å². The summed E-state index contributed by atoms with van der Waals surface area (Å²) in [5, 5.41) is 5.27. The molecule has 0 unspecified atom stereocenters. The van der Waals surface area contributed by atoms with Gasteiger partial charge in [-0.3, -0.25) is 9.59 Å². The Morgan fingerprint density at radius 1 is 1.09 bits per heavy atom. The highest BCUT2D eigenvalue weighted by atomic mass is 32.2. The van der Waals surface area contributed by atoms with Crippen LogP contribution in [0, 0.1) is 6.92 Å². The molecule has 0 aliphatic heterocycles. The Morgan fingerprint density at radius 2 is 1.73 bits per heavy atom. The average Bonchev–Trinajstić information content (AvgIpc) is 2.37. The van der Waals surface area contributed by atoms with Gasteiger partial charge in [0.1, 0.15) is 5.75 Å². The second-order valence-electron chi connectivity index (χ2n) is 5.32. The number of nitrogens with one attached hydrogen (secondary N) is 2. The highest BCUT2D eigenvalue weighted by Gasteiger charge is 2.14. The van der Waals surface area contributed by atoms with Gasteiger partial charge in [0.15, 0.2) is 9.84 Å². The van der Waals surface area contributed by atoms with Gasteiger partial charge in [-0.15, -0.1) is 0 Å². The molecule has 0 spiro atoms. The predicted octanol–water partition coefficient (Wildman–Crippen LogP) is 2.11. The number of hydrogen-bond donors (Lipinski definition) is 2. The normalized spacial score (nSPS) is 11.0. The Balaban J connectivity index is 2.86. The van der Waals surface area contributed by atoms with E-state index in [1.54, 1.807) is 12.1 Å². The number of anilines is 2. The topological polar surface area (TPSA) is 92.3 Å². The first kappa shape index (κ1) is 18.2. The highest BCUT2D eigenvalue weighted by Crippen LogP contribution is 2.23. The molecule has 0 saturated carbocycles. The van der Waals surface area contributed by atoms with E-state index in [4.69, 9.17) is 0 Å². The molecule has 1 rings (SSSR count). The van der Waals surface area contributed by atoms with Crippen LogP contribution in [0.5, 0.6) is 0 Å². The van der Waals surface area contributed by atoms with E-state index in [0.717, 1.165) is 24.7 Å². The standard InChI is InChI=1S/C15H22N2O4S/c1-4-5-6-14(18)16-12-8-7-11(2)9-13(12)17-15(19)10-22(3,20)21/h7-9H,4-6,10H2,1-3H3,(H,16,18)(H,17,19). The molecule has 122 valence electrons. The first-order valence-electron chi connectivity index (χ1n) is 7.09. The number of hydrogen-bond acceptors (Lipinski definition) is 4. The fraction of sp³-hybridized carbons (Fsp3) is 0.467. The molecule has 1 aromatic carbocycles. The van der Waals surface area contributed by atoms with E-state index < -0.39 is 21.5 Å². The van der Waals surface area contributed by atoms with E-state index in [-0.39, 0.29) is 5.91 Å². The van der Waals surface area contributed by atoms with Gasteiger partial charge < -0.3 is 10.6 Å². The lowest BCUT2D eigenvalue weighted by atomic mass is 10.1. The number of amides is 2. The van der Waals surface area contributed by atoms with Crippen LogP contribution in [0.2, 0.25) is 0 Å². The maximum absolute atomic E-state index is 11.8. The molecule has 0 aromatic heterocycles. The van der Waals surface area contributed by atoms with Crippen LogP contribution in [-0.4, -0.2) is 32.2 Å². The molecule has 0 atom stereocenters. The number of carbonyl (C=O) groups excluding carboxylic acids is 2. The zero-order valence-corrected chi connectivity index (χ0v) is 13.9. The summed E-state index contributed by atoms with van der Waals surface area (Å²) in [7, 11) is -3.40. The van der Waals surface area contributed by atoms with Gasteiger partial charge in [0.05, 0.1) is 11.4 Å². The molecule has 7 heteroatoms. The molecule has 6 nitrogen and oxygen atoms in total. The van der Waals surface area contributed by atoms with Crippen molar-refractivity contribution in [3.8, 4) is 0 Å². The van der Waals surface area contributed by atoms with Crippen LogP contribution < -0.4 is 10.6 Å². The van der Waals surface area contributed by atoms with Crippen LogP contribution in [0.3, 0.4) is 0 Å². The van der Waals surface area contributed by atoms with Gasteiger partial charge in [0, 0.05) is 12.7 Å². The van der Waals surface area contributed by atoms with Crippen molar-refractivity contribution >= 4 is 33.0 Å². The molecular weight excluding hydrogens is 304 g/mol. The number of carbonyl (C=O) groups is 2. The molecule has 0 aliphatic rings. The van der Waals surface area contributed by atoms with Gasteiger partial charge in [0.2, 0.25) is 11.8 Å². The smallest absolute Gasteiger partial charge is 0.239 e. The highest BCUT2D eigenvalue weighted by molar-refractivity contribution is 7.91. The van der Waals surface area contributed by atoms with Crippen molar-refractivity contribution in [1.29, 1.82) is 0 Å². The van der Waals surface area contributed by atoms with Crippen LogP contribution in [0.1, 0.15) is 31.7 Å². The second kappa shape index (κ2) is 7.93. The first-order valence-corrected chi connectivity index (χ1v) is 9.15. The lowest BCUT2D eigenvalue weighted by Gasteiger charge is -2.13. The number of rotatable bonds is 7. The minimum Gasteiger partial charge on any atom is -0.324 e. The number of aryl methyl sites for hydroxylation is 1. The molecule has 0 radical (unpaired) electrons. The summed E-state index contributed by atoms with van der Waals surface area (Å²) in [5.74, 6) is -1.36. The minimum atomic E-state index is -3.40. The summed E-state index contributed by atoms with van der Waals surface area (Å²) in [6.45, 7) is 3.84. The van der Waals surface area contributed by atoms with Crippen molar-refractivity contribution in [2.24, 2.45) is 0 Å². The van der Waals surface area contributed by atoms with Gasteiger partial charge >= 0.3 is 0 Å². The maximum atomic E-state index is 11.8. The summed E-state index contributed by atoms with van der Waals surface area (Å²) in [4.78, 5) is 23.5. The van der Waals surface area contributed by atoms with Crippen LogP contribution >= 0.6 is 0 Å². The Labute approximate surface area is 131 Å². The third kappa shape index (κ3) is 6.71. The molecule has 0 heterocycles. The Hall–Kier alpha value is -1.89. The van der Waals surface area contributed by atoms with Crippen molar-refractivity contribution in [2.45, 2.75) is 33.1 Å². The zero-order chi connectivity index (χ0) is 16.8. The molecule has 2 N–H and O–H groups in total. The first-order chi connectivity index (χ1) is 10.2. The van der Waals surface area contributed by atoms with E-state index in [2.05, 4.69) is 10.6 Å². The van der Waals surface area contributed by atoms with Gasteiger partial charge in [0.25, 0.3) is 0 Å². The molecule has 1 aromatic rings. The molecule has 0 bridgehead atoms. The SMILES string of the molecule is CCCCC(=O)Nc1ccc(C)cc1NC(=O)CS(C)(=O)=O. The molecule has 0 fully saturated rings. The molecule has 2 amide bonds. The Bertz CT molecular complexity index is 654. The summed E-state index contributed by atoms with van der Waals surface area (Å²) in [5.41, 5.74) is 1.76. The molecule has 0 saturated heterocycles. The number of unbranched alkanes of at least 4 members (excludes halogenated alkanes) is 1. The largest absolute Gasteiger partial charge is 0.324 e. The fourth-order valence-corrected chi connectivity index (χ4v) is 2.39. The van der Waals surface area contributed by atoms with E-state index in [1.807, 2.05) is 19.9 Å². The lowest BCUT2D eigenvalue weighted by Crippen LogP contribution is -2.23. The van der Waals surface area contributed by atoms with Crippen LogP contribution in [0.4, 0.5) is 11.4 Å². The van der Waals surface area contributed by atoms with E-state index in [0.29, 0.717) is 17.8 Å². The average molecular weight is 326 g/mol. The van der Waals surface area contributed by atoms with Crippen molar-refractivity contribution in [3.63, 3.8) is 0 Å². The minimum absolute atomic E-state index is 0.135. The van der Waals surface area contributed by atoms with Gasteiger partial charge in [-0.1, -0.05) is 19.4 Å². The maximum Gasteiger partial charge on any atom is 0.239 e. The van der Waals surface area contributed by atoms with Gasteiger partial charge in [-0.2, -0.15) is 0 Å². The van der Waals surface area contributed by atoms with Crippen molar-refractivity contribution in [2.75, 3.05) is 22.6 Å². The summed E-state index contributed by atoms with van der Waals surface area (Å²) >= 11 is 0. The number of sulfone groups is 1. The monoisotopic (exact) mass is 326 g/mol. The van der Waals surface area contributed by atoms with E-state index in [1.165, 1.54) is 0 Å². The third-order valence-electron chi connectivity index (χ3n) is 2.87.